The van der Waals surface area contributed by atoms with Gasteiger partial charge in [0.1, 0.15) is 0 Å². The summed E-state index contributed by atoms with van der Waals surface area (Å²) < 4.78 is 1.64. The minimum atomic E-state index is -0.100. The number of rotatable bonds is 3. The number of fused-ring (bicyclic) bond motifs is 1. The lowest BCUT2D eigenvalue weighted by molar-refractivity contribution is -0.125. The predicted octanol–water partition coefficient (Wildman–Crippen LogP) is 1.43. The molecule has 2 heterocycles. The van der Waals surface area contributed by atoms with Crippen LogP contribution in [0.25, 0.3) is 11.0 Å². The van der Waals surface area contributed by atoms with Crippen LogP contribution in [0, 0.1) is 5.92 Å². The van der Waals surface area contributed by atoms with E-state index in [1.54, 1.807) is 11.6 Å². The van der Waals surface area contributed by atoms with Crippen molar-refractivity contribution in [2.45, 2.75) is 31.7 Å². The molecule has 1 saturated carbocycles. The third-order valence-electron chi connectivity index (χ3n) is 4.98. The van der Waals surface area contributed by atoms with Gasteiger partial charge in [-0.3, -0.25) is 9.59 Å². The van der Waals surface area contributed by atoms with Gasteiger partial charge in [-0.25, -0.2) is 4.98 Å². The van der Waals surface area contributed by atoms with Gasteiger partial charge in [0.25, 0.3) is 5.56 Å². The maximum absolute atomic E-state index is 12.7. The lowest BCUT2D eigenvalue weighted by Gasteiger charge is -2.32. The zero-order chi connectivity index (χ0) is 16.7. The van der Waals surface area contributed by atoms with Gasteiger partial charge in [0.2, 0.25) is 5.91 Å². The van der Waals surface area contributed by atoms with Crippen LogP contribution in [-0.2, 0) is 11.8 Å². The van der Waals surface area contributed by atoms with E-state index in [0.717, 1.165) is 43.3 Å². The van der Waals surface area contributed by atoms with E-state index in [1.807, 2.05) is 29.2 Å². The van der Waals surface area contributed by atoms with E-state index in [2.05, 4.69) is 10.3 Å². The van der Waals surface area contributed by atoms with Gasteiger partial charge in [-0.05, 0) is 37.8 Å². The second-order valence-electron chi connectivity index (χ2n) is 6.86. The summed E-state index contributed by atoms with van der Waals surface area (Å²) in [5, 5.41) is 3.08. The molecule has 1 aromatic heterocycles. The molecule has 1 aliphatic heterocycles. The number of benzene rings is 1. The predicted molar refractivity (Wildman–Crippen MR) is 93.1 cm³/mol. The molecule has 6 heteroatoms. The molecule has 0 spiro atoms. The fourth-order valence-electron chi connectivity index (χ4n) is 3.40. The molecule has 1 amide bonds. The summed E-state index contributed by atoms with van der Waals surface area (Å²) in [6.07, 6.45) is 3.97. The third-order valence-corrected chi connectivity index (χ3v) is 4.98. The zero-order valence-corrected chi connectivity index (χ0v) is 13.9. The number of nitrogens with zero attached hydrogens (tertiary/aromatic N) is 3. The van der Waals surface area contributed by atoms with Gasteiger partial charge >= 0.3 is 0 Å². The van der Waals surface area contributed by atoms with Gasteiger partial charge in [0.05, 0.1) is 17.0 Å². The van der Waals surface area contributed by atoms with Crippen molar-refractivity contribution >= 4 is 22.8 Å². The Kier molecular flexibility index (Phi) is 3.75. The first kappa shape index (κ1) is 15.2. The first-order chi connectivity index (χ1) is 11.6. The Hall–Kier alpha value is -2.37. The molecule has 24 heavy (non-hydrogen) atoms. The summed E-state index contributed by atoms with van der Waals surface area (Å²) in [6.45, 7) is 1.34. The molecule has 4 rings (SSSR count). The number of amides is 1. The van der Waals surface area contributed by atoms with Crippen molar-refractivity contribution in [1.29, 1.82) is 0 Å². The summed E-state index contributed by atoms with van der Waals surface area (Å²) in [7, 11) is 1.77. The maximum atomic E-state index is 12.7. The monoisotopic (exact) mass is 326 g/mol. The molecular weight excluding hydrogens is 304 g/mol. The average molecular weight is 326 g/mol. The Bertz CT molecular complexity index is 841. The third kappa shape index (κ3) is 2.77. The number of aromatic nitrogens is 2. The van der Waals surface area contributed by atoms with Crippen molar-refractivity contribution < 1.29 is 4.79 Å². The summed E-state index contributed by atoms with van der Waals surface area (Å²) in [4.78, 5) is 31.6. The van der Waals surface area contributed by atoms with Crippen LogP contribution in [0.1, 0.15) is 25.7 Å². The fraction of sp³-hybridized carbons (Fsp3) is 0.500. The molecule has 1 saturated heterocycles. The number of carbonyl (C=O) groups is 1. The molecule has 6 nitrogen and oxygen atoms in total. The highest BCUT2D eigenvalue weighted by Gasteiger charge is 2.31. The number of piperidine rings is 1. The molecule has 126 valence electrons. The Labute approximate surface area is 140 Å². The minimum absolute atomic E-state index is 0.0580. The SMILES string of the molecule is Cn1c(=O)c(N2CCC[C@H](C(=O)NC3CC3)C2)nc2ccccc21. The van der Waals surface area contributed by atoms with E-state index >= 15 is 0 Å². The molecule has 1 aliphatic carbocycles. The number of anilines is 1. The number of carbonyl (C=O) groups excluding carboxylic acids is 1. The lowest BCUT2D eigenvalue weighted by atomic mass is 9.97. The maximum Gasteiger partial charge on any atom is 0.293 e. The first-order valence-electron chi connectivity index (χ1n) is 8.64. The van der Waals surface area contributed by atoms with Gasteiger partial charge < -0.3 is 14.8 Å². The van der Waals surface area contributed by atoms with Crippen molar-refractivity contribution in [1.82, 2.24) is 14.9 Å². The molecule has 1 N–H and O–H groups in total. The van der Waals surface area contributed by atoms with E-state index in [1.165, 1.54) is 0 Å². The van der Waals surface area contributed by atoms with Crippen LogP contribution >= 0.6 is 0 Å². The second-order valence-corrected chi connectivity index (χ2v) is 6.86. The molecule has 2 fully saturated rings. The molecular formula is C18H22N4O2. The Morgan fingerprint density at radius 2 is 2.04 bits per heavy atom. The Balaban J connectivity index is 1.62. The highest BCUT2D eigenvalue weighted by molar-refractivity contribution is 5.80. The Morgan fingerprint density at radius 1 is 1.25 bits per heavy atom. The van der Waals surface area contributed by atoms with Crippen molar-refractivity contribution in [2.24, 2.45) is 13.0 Å². The van der Waals surface area contributed by atoms with E-state index in [4.69, 9.17) is 0 Å². The van der Waals surface area contributed by atoms with Crippen LogP contribution in [0.4, 0.5) is 5.82 Å². The van der Waals surface area contributed by atoms with E-state index < -0.39 is 0 Å². The number of aryl methyl sites for hydroxylation is 1. The number of para-hydroxylation sites is 2. The van der Waals surface area contributed by atoms with E-state index in [0.29, 0.717) is 18.4 Å². The topological polar surface area (TPSA) is 67.2 Å². The van der Waals surface area contributed by atoms with Crippen LogP contribution in [0.2, 0.25) is 0 Å². The minimum Gasteiger partial charge on any atom is -0.353 e. The zero-order valence-electron chi connectivity index (χ0n) is 13.9. The van der Waals surface area contributed by atoms with Crippen LogP contribution in [-0.4, -0.2) is 34.6 Å². The van der Waals surface area contributed by atoms with Gasteiger partial charge in [0.15, 0.2) is 5.82 Å². The molecule has 0 bridgehead atoms. The number of nitrogens with one attached hydrogen (secondary N) is 1. The quantitative estimate of drug-likeness (QED) is 0.926. The molecule has 1 aromatic carbocycles. The fourth-order valence-corrected chi connectivity index (χ4v) is 3.40. The smallest absolute Gasteiger partial charge is 0.293 e. The van der Waals surface area contributed by atoms with Gasteiger partial charge in [-0.1, -0.05) is 12.1 Å². The van der Waals surface area contributed by atoms with Crippen molar-refractivity contribution in [3.05, 3.63) is 34.6 Å². The van der Waals surface area contributed by atoms with Crippen LogP contribution in [0.3, 0.4) is 0 Å². The summed E-state index contributed by atoms with van der Waals surface area (Å²) in [5.41, 5.74) is 1.53. The Morgan fingerprint density at radius 3 is 2.83 bits per heavy atom. The second kappa shape index (κ2) is 5.92. The van der Waals surface area contributed by atoms with Crippen molar-refractivity contribution in [2.75, 3.05) is 18.0 Å². The van der Waals surface area contributed by atoms with Crippen LogP contribution < -0.4 is 15.8 Å². The van der Waals surface area contributed by atoms with E-state index in [9.17, 15) is 9.59 Å². The molecule has 2 aromatic rings. The average Bonchev–Trinajstić information content (AvgIpc) is 3.42. The molecule has 1 atom stereocenters. The van der Waals surface area contributed by atoms with Crippen molar-refractivity contribution in [3.8, 4) is 0 Å². The lowest BCUT2D eigenvalue weighted by Crippen LogP contribution is -2.46. The largest absolute Gasteiger partial charge is 0.353 e. The van der Waals surface area contributed by atoms with Crippen LogP contribution in [0.5, 0.6) is 0 Å². The standard InChI is InChI=1S/C18H22N4O2/c1-21-15-7-3-2-6-14(15)20-16(18(21)24)22-10-4-5-12(11-22)17(23)19-13-8-9-13/h2-3,6-7,12-13H,4-5,8-11H2,1H3,(H,19,23)/t12-/m0/s1. The first-order valence-corrected chi connectivity index (χ1v) is 8.64. The summed E-state index contributed by atoms with van der Waals surface area (Å²) in [5.74, 6) is 0.525. The number of hydrogen-bond acceptors (Lipinski definition) is 4. The molecule has 0 unspecified atom stereocenters. The van der Waals surface area contributed by atoms with Gasteiger partial charge in [0, 0.05) is 26.2 Å². The normalized spacial score (nSPS) is 21.0. The van der Waals surface area contributed by atoms with Gasteiger partial charge in [-0.15, -0.1) is 0 Å². The number of hydrogen-bond donors (Lipinski definition) is 1. The van der Waals surface area contributed by atoms with E-state index in [-0.39, 0.29) is 17.4 Å². The van der Waals surface area contributed by atoms with Gasteiger partial charge in [-0.2, -0.15) is 0 Å². The van der Waals surface area contributed by atoms with Crippen molar-refractivity contribution in [3.63, 3.8) is 0 Å². The highest BCUT2D eigenvalue weighted by Crippen LogP contribution is 2.24. The molecule has 2 aliphatic rings. The highest BCUT2D eigenvalue weighted by atomic mass is 16.2. The van der Waals surface area contributed by atoms with Crippen LogP contribution in [0.15, 0.2) is 29.1 Å². The summed E-state index contributed by atoms with van der Waals surface area (Å²) >= 11 is 0. The molecule has 0 radical (unpaired) electrons. The summed E-state index contributed by atoms with van der Waals surface area (Å²) in [6, 6.07) is 8.02.